The highest BCUT2D eigenvalue weighted by Crippen LogP contribution is 2.21. The molecule has 0 aliphatic carbocycles. The Bertz CT molecular complexity index is 1030. The van der Waals surface area contributed by atoms with Crippen molar-refractivity contribution in [2.24, 2.45) is 5.92 Å². The molecule has 0 saturated carbocycles. The lowest BCUT2D eigenvalue weighted by Gasteiger charge is -2.32. The Hall–Kier alpha value is -2.68. The van der Waals surface area contributed by atoms with Crippen molar-refractivity contribution >= 4 is 11.2 Å². The van der Waals surface area contributed by atoms with Crippen LogP contribution in [0.25, 0.3) is 11.2 Å². The van der Waals surface area contributed by atoms with Gasteiger partial charge in [-0.25, -0.2) is 18.4 Å². The monoisotopic (exact) mass is 374 g/mol. The Balaban J connectivity index is 1.47. The molecule has 2 aromatic heterocycles. The Morgan fingerprint density at radius 1 is 1.30 bits per heavy atom. The van der Waals surface area contributed by atoms with Crippen LogP contribution >= 0.6 is 0 Å². The highest BCUT2D eigenvalue weighted by Gasteiger charge is 2.22. The summed E-state index contributed by atoms with van der Waals surface area (Å²) in [4.78, 5) is 21.1. The molecule has 0 amide bonds. The maximum absolute atomic E-state index is 13.4. The molecular formula is C18H20F2N6O. The van der Waals surface area contributed by atoms with E-state index in [4.69, 9.17) is 0 Å². The van der Waals surface area contributed by atoms with E-state index in [9.17, 15) is 13.6 Å². The summed E-state index contributed by atoms with van der Waals surface area (Å²) in [5.74, 6) is -0.803. The minimum absolute atomic E-state index is 0.245. The molecule has 0 spiro atoms. The van der Waals surface area contributed by atoms with Gasteiger partial charge in [-0.3, -0.25) is 9.69 Å². The number of aromatic amines is 1. The van der Waals surface area contributed by atoms with Gasteiger partial charge in [-0.2, -0.15) is 0 Å². The van der Waals surface area contributed by atoms with Gasteiger partial charge in [0.25, 0.3) is 5.56 Å². The van der Waals surface area contributed by atoms with Crippen LogP contribution in [-0.4, -0.2) is 43.0 Å². The zero-order valence-electron chi connectivity index (χ0n) is 15.0. The van der Waals surface area contributed by atoms with E-state index < -0.39 is 11.6 Å². The molecule has 1 aromatic carbocycles. The van der Waals surface area contributed by atoms with E-state index in [0.29, 0.717) is 30.5 Å². The van der Waals surface area contributed by atoms with E-state index in [0.717, 1.165) is 31.5 Å². The largest absolute Gasteiger partial charge is 0.309 e. The lowest BCUT2D eigenvalue weighted by molar-refractivity contribution is 0.153. The summed E-state index contributed by atoms with van der Waals surface area (Å²) in [6, 6.07) is 4.04. The van der Waals surface area contributed by atoms with Gasteiger partial charge in [0, 0.05) is 19.6 Å². The number of piperidine rings is 1. The van der Waals surface area contributed by atoms with Crippen molar-refractivity contribution in [2.45, 2.75) is 32.9 Å². The molecule has 1 aliphatic heterocycles. The number of aromatic nitrogens is 5. The van der Waals surface area contributed by atoms with Gasteiger partial charge in [-0.1, -0.05) is 11.3 Å². The summed E-state index contributed by atoms with van der Waals surface area (Å²) in [6.45, 7) is 4.62. The molecule has 1 atom stereocenters. The molecule has 0 radical (unpaired) electrons. The topological polar surface area (TPSA) is 79.7 Å². The van der Waals surface area contributed by atoms with Gasteiger partial charge in [0.1, 0.15) is 5.82 Å². The Morgan fingerprint density at radius 2 is 2.15 bits per heavy atom. The van der Waals surface area contributed by atoms with E-state index in [1.54, 1.807) is 17.7 Å². The van der Waals surface area contributed by atoms with Crippen LogP contribution < -0.4 is 5.56 Å². The third-order valence-electron chi connectivity index (χ3n) is 4.92. The summed E-state index contributed by atoms with van der Waals surface area (Å²) < 4.78 is 28.2. The van der Waals surface area contributed by atoms with Gasteiger partial charge in [-0.05, 0) is 49.9 Å². The van der Waals surface area contributed by atoms with Crippen LogP contribution in [0.4, 0.5) is 8.78 Å². The van der Waals surface area contributed by atoms with Crippen molar-refractivity contribution in [1.29, 1.82) is 0 Å². The average molecular weight is 374 g/mol. The molecule has 3 heterocycles. The Labute approximate surface area is 154 Å². The van der Waals surface area contributed by atoms with E-state index in [1.807, 2.05) is 0 Å². The van der Waals surface area contributed by atoms with Crippen LogP contribution in [0.1, 0.15) is 24.2 Å². The molecule has 3 aromatic rings. The molecule has 1 N–H and O–H groups in total. The van der Waals surface area contributed by atoms with Gasteiger partial charge in [0.15, 0.2) is 22.8 Å². The predicted molar refractivity (Wildman–Crippen MR) is 95.0 cm³/mol. The summed E-state index contributed by atoms with van der Waals surface area (Å²) in [5.41, 5.74) is 1.21. The van der Waals surface area contributed by atoms with Gasteiger partial charge >= 0.3 is 0 Å². The summed E-state index contributed by atoms with van der Waals surface area (Å²) in [7, 11) is 0. The number of nitrogens with one attached hydrogen (secondary N) is 1. The number of rotatable bonds is 4. The molecule has 142 valence electrons. The number of hydrogen-bond acceptors (Lipinski definition) is 5. The van der Waals surface area contributed by atoms with Crippen LogP contribution in [0.3, 0.4) is 0 Å². The van der Waals surface area contributed by atoms with Crippen molar-refractivity contribution in [2.75, 3.05) is 13.1 Å². The van der Waals surface area contributed by atoms with Gasteiger partial charge in [-0.15, -0.1) is 5.10 Å². The van der Waals surface area contributed by atoms with E-state index in [-0.39, 0.29) is 11.1 Å². The second kappa shape index (κ2) is 7.15. The first kappa shape index (κ1) is 17.7. The van der Waals surface area contributed by atoms with Crippen LogP contribution in [0.15, 0.2) is 23.0 Å². The summed E-state index contributed by atoms with van der Waals surface area (Å²) in [6.07, 6.45) is 2.03. The standard InChI is InChI=1S/C18H20F2N6O/c1-11-21-17-16(18(27)22-11)23-24-26(17)10-13-3-2-6-25(9-13)8-12-4-5-14(19)15(20)7-12/h4-5,7,13H,2-3,6,8-10H2,1H3,(H,21,22,27)/t13-/m0/s1. The number of halogens is 2. The first-order valence-electron chi connectivity index (χ1n) is 8.96. The highest BCUT2D eigenvalue weighted by atomic mass is 19.2. The SMILES string of the molecule is Cc1nc2c(nnn2C[C@H]2CCCN(Cc3ccc(F)c(F)c3)C2)c(=O)[nH]1. The minimum atomic E-state index is -0.828. The smallest absolute Gasteiger partial charge is 0.281 e. The van der Waals surface area contributed by atoms with E-state index in [2.05, 4.69) is 25.2 Å². The molecule has 1 saturated heterocycles. The highest BCUT2D eigenvalue weighted by molar-refractivity contribution is 5.67. The van der Waals surface area contributed by atoms with Crippen molar-refractivity contribution in [1.82, 2.24) is 29.9 Å². The second-order valence-corrected chi connectivity index (χ2v) is 7.09. The number of nitrogens with zero attached hydrogens (tertiary/aromatic N) is 5. The maximum atomic E-state index is 13.4. The lowest BCUT2D eigenvalue weighted by atomic mass is 9.97. The number of fused-ring (bicyclic) bond motifs is 1. The van der Waals surface area contributed by atoms with Crippen molar-refractivity contribution < 1.29 is 8.78 Å². The third-order valence-corrected chi connectivity index (χ3v) is 4.92. The molecule has 1 fully saturated rings. The summed E-state index contributed by atoms with van der Waals surface area (Å²) in [5, 5.41) is 8.04. The third kappa shape index (κ3) is 3.73. The zero-order valence-corrected chi connectivity index (χ0v) is 15.0. The van der Waals surface area contributed by atoms with Gasteiger partial charge in [0.2, 0.25) is 0 Å². The summed E-state index contributed by atoms with van der Waals surface area (Å²) >= 11 is 0. The predicted octanol–water partition coefficient (Wildman–Crippen LogP) is 2.01. The molecule has 7 nitrogen and oxygen atoms in total. The lowest BCUT2D eigenvalue weighted by Crippen LogP contribution is -2.36. The molecule has 0 unspecified atom stereocenters. The number of likely N-dealkylation sites (tertiary alicyclic amines) is 1. The van der Waals surface area contributed by atoms with E-state index >= 15 is 0 Å². The fourth-order valence-corrected chi connectivity index (χ4v) is 3.68. The van der Waals surface area contributed by atoms with Crippen LogP contribution in [-0.2, 0) is 13.1 Å². The van der Waals surface area contributed by atoms with Gasteiger partial charge in [0.05, 0.1) is 0 Å². The second-order valence-electron chi connectivity index (χ2n) is 7.09. The van der Waals surface area contributed by atoms with E-state index in [1.165, 1.54) is 12.1 Å². The fourth-order valence-electron chi connectivity index (χ4n) is 3.68. The number of H-pyrrole nitrogens is 1. The van der Waals surface area contributed by atoms with Crippen LogP contribution in [0, 0.1) is 24.5 Å². The Kier molecular flexibility index (Phi) is 4.69. The van der Waals surface area contributed by atoms with Crippen LogP contribution in [0.5, 0.6) is 0 Å². The molecule has 4 rings (SSSR count). The first-order valence-corrected chi connectivity index (χ1v) is 8.96. The Morgan fingerprint density at radius 3 is 2.96 bits per heavy atom. The number of aryl methyl sites for hydroxylation is 1. The quantitative estimate of drug-likeness (QED) is 0.756. The molecule has 9 heteroatoms. The van der Waals surface area contributed by atoms with Crippen molar-refractivity contribution in [3.8, 4) is 0 Å². The fraction of sp³-hybridized carbons (Fsp3) is 0.444. The first-order chi connectivity index (χ1) is 13.0. The molecule has 1 aliphatic rings. The maximum Gasteiger partial charge on any atom is 0.281 e. The van der Waals surface area contributed by atoms with Crippen molar-refractivity contribution in [3.05, 3.63) is 51.6 Å². The normalized spacial score (nSPS) is 18.3. The zero-order chi connectivity index (χ0) is 19.0. The molecule has 27 heavy (non-hydrogen) atoms. The molecule has 0 bridgehead atoms. The van der Waals surface area contributed by atoms with Crippen molar-refractivity contribution in [3.63, 3.8) is 0 Å². The molecular weight excluding hydrogens is 354 g/mol. The number of benzene rings is 1. The minimum Gasteiger partial charge on any atom is -0.309 e. The average Bonchev–Trinajstić information content (AvgIpc) is 3.02. The van der Waals surface area contributed by atoms with Gasteiger partial charge < -0.3 is 4.98 Å². The van der Waals surface area contributed by atoms with Crippen LogP contribution in [0.2, 0.25) is 0 Å². The number of hydrogen-bond donors (Lipinski definition) is 1.